The number of hydrazine groups is 1. The average molecular weight is 269 g/mol. The van der Waals surface area contributed by atoms with Gasteiger partial charge in [0.05, 0.1) is 6.61 Å². The number of carbonyl (C=O) groups is 2. The van der Waals surface area contributed by atoms with E-state index in [1.165, 1.54) is 6.07 Å². The van der Waals surface area contributed by atoms with Crippen molar-refractivity contribution in [1.82, 2.24) is 16.2 Å². The fraction of sp³-hybridized carbons (Fsp3) is 0.333. The van der Waals surface area contributed by atoms with Gasteiger partial charge in [0.15, 0.2) is 0 Å². The molecule has 0 saturated heterocycles. The van der Waals surface area contributed by atoms with Gasteiger partial charge in [-0.15, -0.1) is 0 Å². The standard InChI is InChI=1S/C12H16FN3O3/c1-3-19-12(18)16-15-11(17)14-7-9-5-4-8(2)10(13)6-9/h4-6H,3,7H2,1-2H3,(H,16,18)(H2,14,15,17). The predicted molar refractivity (Wildman–Crippen MR) is 66.7 cm³/mol. The van der Waals surface area contributed by atoms with Crippen LogP contribution in [0.1, 0.15) is 18.1 Å². The number of hydrogen-bond acceptors (Lipinski definition) is 3. The van der Waals surface area contributed by atoms with E-state index in [-0.39, 0.29) is 19.0 Å². The summed E-state index contributed by atoms with van der Waals surface area (Å²) in [5, 5.41) is 2.46. The molecule has 0 spiro atoms. The summed E-state index contributed by atoms with van der Waals surface area (Å²) in [6.45, 7) is 3.65. The topological polar surface area (TPSA) is 79.5 Å². The summed E-state index contributed by atoms with van der Waals surface area (Å²) < 4.78 is 17.8. The molecule has 3 N–H and O–H groups in total. The Kier molecular flexibility index (Phi) is 5.59. The summed E-state index contributed by atoms with van der Waals surface area (Å²) in [4.78, 5) is 22.2. The third kappa shape index (κ3) is 5.24. The highest BCUT2D eigenvalue weighted by Gasteiger charge is 2.04. The Balaban J connectivity index is 2.33. The molecule has 0 radical (unpaired) electrons. The lowest BCUT2D eigenvalue weighted by molar-refractivity contribution is 0.147. The van der Waals surface area contributed by atoms with Crippen LogP contribution in [0, 0.1) is 12.7 Å². The lowest BCUT2D eigenvalue weighted by atomic mass is 10.1. The van der Waals surface area contributed by atoms with Gasteiger partial charge in [-0.05, 0) is 31.0 Å². The first-order chi connectivity index (χ1) is 9.02. The smallest absolute Gasteiger partial charge is 0.426 e. The van der Waals surface area contributed by atoms with E-state index in [1.54, 1.807) is 26.0 Å². The number of carbonyl (C=O) groups excluding carboxylic acids is 2. The van der Waals surface area contributed by atoms with Crippen LogP contribution in [0.15, 0.2) is 18.2 Å². The average Bonchev–Trinajstić information content (AvgIpc) is 2.38. The minimum absolute atomic E-state index is 0.146. The van der Waals surface area contributed by atoms with Crippen molar-refractivity contribution in [1.29, 1.82) is 0 Å². The van der Waals surface area contributed by atoms with E-state index in [9.17, 15) is 14.0 Å². The summed E-state index contributed by atoms with van der Waals surface area (Å²) in [6, 6.07) is 4.06. The molecule has 1 aromatic carbocycles. The number of aryl methyl sites for hydroxylation is 1. The molecule has 0 bridgehead atoms. The quantitative estimate of drug-likeness (QED) is 0.729. The molecular formula is C12H16FN3O3. The second-order valence-electron chi connectivity index (χ2n) is 3.74. The van der Waals surface area contributed by atoms with Gasteiger partial charge in [-0.2, -0.15) is 0 Å². The van der Waals surface area contributed by atoms with E-state index < -0.39 is 12.1 Å². The summed E-state index contributed by atoms with van der Waals surface area (Å²) in [6.07, 6.45) is -0.751. The number of ether oxygens (including phenoxy) is 1. The number of urea groups is 1. The summed E-state index contributed by atoms with van der Waals surface area (Å²) in [7, 11) is 0. The zero-order valence-corrected chi connectivity index (χ0v) is 10.7. The van der Waals surface area contributed by atoms with Crippen molar-refractivity contribution >= 4 is 12.1 Å². The van der Waals surface area contributed by atoms with Gasteiger partial charge in [-0.3, -0.25) is 0 Å². The molecule has 0 heterocycles. The van der Waals surface area contributed by atoms with Crippen LogP contribution in [0.25, 0.3) is 0 Å². The lowest BCUT2D eigenvalue weighted by Crippen LogP contribution is -2.46. The monoisotopic (exact) mass is 269 g/mol. The first-order valence-electron chi connectivity index (χ1n) is 5.74. The highest BCUT2D eigenvalue weighted by molar-refractivity contribution is 5.77. The van der Waals surface area contributed by atoms with Crippen LogP contribution in [-0.2, 0) is 11.3 Å². The van der Waals surface area contributed by atoms with Crippen molar-refractivity contribution < 1.29 is 18.7 Å². The predicted octanol–water partition coefficient (Wildman–Crippen LogP) is 1.59. The number of halogens is 1. The van der Waals surface area contributed by atoms with Crippen molar-refractivity contribution in [3.63, 3.8) is 0 Å². The summed E-state index contributed by atoms with van der Waals surface area (Å²) >= 11 is 0. The zero-order valence-electron chi connectivity index (χ0n) is 10.7. The molecule has 104 valence electrons. The Bertz CT molecular complexity index is 466. The second kappa shape index (κ2) is 7.20. The Morgan fingerprint density at radius 3 is 2.68 bits per heavy atom. The van der Waals surface area contributed by atoms with Gasteiger partial charge in [0, 0.05) is 6.54 Å². The SMILES string of the molecule is CCOC(=O)NNC(=O)NCc1ccc(C)c(F)c1. The zero-order chi connectivity index (χ0) is 14.3. The molecule has 7 heteroatoms. The van der Waals surface area contributed by atoms with Gasteiger partial charge in [-0.1, -0.05) is 12.1 Å². The molecule has 0 aliphatic rings. The van der Waals surface area contributed by atoms with E-state index in [0.29, 0.717) is 11.1 Å². The van der Waals surface area contributed by atoms with E-state index in [1.807, 2.05) is 5.43 Å². The van der Waals surface area contributed by atoms with Crippen molar-refractivity contribution in [3.8, 4) is 0 Å². The van der Waals surface area contributed by atoms with Crippen LogP contribution in [-0.4, -0.2) is 18.7 Å². The number of benzene rings is 1. The molecule has 0 unspecified atom stereocenters. The van der Waals surface area contributed by atoms with Crippen molar-refractivity contribution in [2.24, 2.45) is 0 Å². The number of amides is 3. The van der Waals surface area contributed by atoms with Crippen LogP contribution in [0.5, 0.6) is 0 Å². The van der Waals surface area contributed by atoms with E-state index >= 15 is 0 Å². The minimum Gasteiger partial charge on any atom is -0.449 e. The van der Waals surface area contributed by atoms with Crippen molar-refractivity contribution in [2.75, 3.05) is 6.61 Å². The minimum atomic E-state index is -0.751. The van der Waals surface area contributed by atoms with Gasteiger partial charge < -0.3 is 10.1 Å². The maximum absolute atomic E-state index is 13.2. The highest BCUT2D eigenvalue weighted by Crippen LogP contribution is 2.08. The molecule has 0 fully saturated rings. The lowest BCUT2D eigenvalue weighted by Gasteiger charge is -2.09. The van der Waals surface area contributed by atoms with Crippen molar-refractivity contribution in [2.45, 2.75) is 20.4 Å². The summed E-state index contributed by atoms with van der Waals surface area (Å²) in [5.41, 5.74) is 5.30. The molecule has 19 heavy (non-hydrogen) atoms. The fourth-order valence-electron chi connectivity index (χ4n) is 1.25. The molecule has 1 aromatic rings. The van der Waals surface area contributed by atoms with Gasteiger partial charge in [-0.25, -0.2) is 24.8 Å². The van der Waals surface area contributed by atoms with E-state index in [0.717, 1.165) is 0 Å². The fourth-order valence-corrected chi connectivity index (χ4v) is 1.25. The Morgan fingerprint density at radius 2 is 2.05 bits per heavy atom. The second-order valence-corrected chi connectivity index (χ2v) is 3.74. The molecule has 0 aromatic heterocycles. The third-order valence-electron chi connectivity index (χ3n) is 2.24. The molecule has 0 aliphatic heterocycles. The largest absolute Gasteiger partial charge is 0.449 e. The molecule has 3 amide bonds. The van der Waals surface area contributed by atoms with Crippen molar-refractivity contribution in [3.05, 3.63) is 35.1 Å². The maximum Gasteiger partial charge on any atom is 0.426 e. The molecular weight excluding hydrogens is 253 g/mol. The number of nitrogens with one attached hydrogen (secondary N) is 3. The van der Waals surface area contributed by atoms with E-state index in [4.69, 9.17) is 0 Å². The molecule has 0 saturated carbocycles. The normalized spacial score (nSPS) is 9.63. The Hall–Kier alpha value is -2.31. The Labute approximate surface area is 110 Å². The summed E-state index contributed by atoms with van der Waals surface area (Å²) in [5.74, 6) is -0.329. The van der Waals surface area contributed by atoms with Gasteiger partial charge in [0.2, 0.25) is 0 Å². The van der Waals surface area contributed by atoms with Crippen LogP contribution in [0.4, 0.5) is 14.0 Å². The van der Waals surface area contributed by atoms with Crippen LogP contribution in [0.2, 0.25) is 0 Å². The highest BCUT2D eigenvalue weighted by atomic mass is 19.1. The molecule has 6 nitrogen and oxygen atoms in total. The first-order valence-corrected chi connectivity index (χ1v) is 5.74. The van der Waals surface area contributed by atoms with E-state index in [2.05, 4.69) is 15.5 Å². The Morgan fingerprint density at radius 1 is 1.32 bits per heavy atom. The number of hydrogen-bond donors (Lipinski definition) is 3. The molecule has 0 aliphatic carbocycles. The third-order valence-corrected chi connectivity index (χ3v) is 2.24. The molecule has 1 rings (SSSR count). The first kappa shape index (κ1) is 14.7. The number of rotatable bonds is 3. The van der Waals surface area contributed by atoms with Crippen LogP contribution >= 0.6 is 0 Å². The van der Waals surface area contributed by atoms with Gasteiger partial charge >= 0.3 is 12.1 Å². The van der Waals surface area contributed by atoms with Gasteiger partial charge in [0.1, 0.15) is 5.82 Å². The maximum atomic E-state index is 13.2. The molecule has 0 atom stereocenters. The van der Waals surface area contributed by atoms with Crippen LogP contribution in [0.3, 0.4) is 0 Å². The van der Waals surface area contributed by atoms with Gasteiger partial charge in [0.25, 0.3) is 0 Å². The van der Waals surface area contributed by atoms with Crippen LogP contribution < -0.4 is 16.2 Å².